The average molecular weight is 421 g/mol. The Hall–Kier alpha value is -3.03. The summed E-state index contributed by atoms with van der Waals surface area (Å²) in [5, 5.41) is 10.0. The third-order valence-electron chi connectivity index (χ3n) is 5.23. The molecule has 4 rings (SSSR count). The van der Waals surface area contributed by atoms with Gasteiger partial charge in [-0.3, -0.25) is 0 Å². The van der Waals surface area contributed by atoms with E-state index in [2.05, 4.69) is 28.1 Å². The molecule has 2 aromatic carbocycles. The van der Waals surface area contributed by atoms with E-state index in [0.717, 1.165) is 28.2 Å². The van der Waals surface area contributed by atoms with Crippen LogP contribution in [0.4, 0.5) is 5.82 Å². The van der Waals surface area contributed by atoms with Crippen molar-refractivity contribution in [3.63, 3.8) is 0 Å². The standard InChI is InChI=1S/C23H24N4O2S/c1-19-7-5-6-10-21(19)22-11-12-23(25-24-22)26-14-16-27(17-15-26)30(28,29)18-13-20-8-3-2-4-9-20/h2-13,18H,14-17H2,1H3/b18-13-. The maximum absolute atomic E-state index is 12.6. The van der Waals surface area contributed by atoms with Crippen LogP contribution in [0.2, 0.25) is 0 Å². The van der Waals surface area contributed by atoms with Crippen molar-refractivity contribution < 1.29 is 8.42 Å². The van der Waals surface area contributed by atoms with Crippen LogP contribution in [0.3, 0.4) is 0 Å². The van der Waals surface area contributed by atoms with Gasteiger partial charge >= 0.3 is 0 Å². The lowest BCUT2D eigenvalue weighted by Crippen LogP contribution is -2.48. The number of aryl methyl sites for hydroxylation is 1. The normalized spacial score (nSPS) is 15.6. The van der Waals surface area contributed by atoms with Gasteiger partial charge in [0.2, 0.25) is 10.0 Å². The zero-order chi connectivity index (χ0) is 21.0. The first-order chi connectivity index (χ1) is 14.5. The highest BCUT2D eigenvalue weighted by atomic mass is 32.2. The Labute approximate surface area is 177 Å². The molecule has 1 aromatic heterocycles. The van der Waals surface area contributed by atoms with Gasteiger partial charge in [-0.25, -0.2) is 8.42 Å². The van der Waals surface area contributed by atoms with Gasteiger partial charge in [0.05, 0.1) is 5.69 Å². The second-order valence-corrected chi connectivity index (χ2v) is 9.05. The predicted molar refractivity (Wildman–Crippen MR) is 120 cm³/mol. The molecule has 30 heavy (non-hydrogen) atoms. The molecule has 0 radical (unpaired) electrons. The van der Waals surface area contributed by atoms with Crippen molar-refractivity contribution in [2.75, 3.05) is 31.1 Å². The minimum Gasteiger partial charge on any atom is -0.352 e. The second kappa shape index (κ2) is 8.77. The first-order valence-corrected chi connectivity index (χ1v) is 11.4. The number of anilines is 1. The summed E-state index contributed by atoms with van der Waals surface area (Å²) in [5.74, 6) is 0.768. The maximum atomic E-state index is 12.6. The van der Waals surface area contributed by atoms with E-state index in [-0.39, 0.29) is 0 Å². The van der Waals surface area contributed by atoms with Crippen LogP contribution in [0.25, 0.3) is 17.3 Å². The van der Waals surface area contributed by atoms with E-state index in [0.29, 0.717) is 26.2 Å². The van der Waals surface area contributed by atoms with Gasteiger partial charge in [-0.2, -0.15) is 4.31 Å². The minimum atomic E-state index is -3.44. The predicted octanol–water partition coefficient (Wildman–Crippen LogP) is 3.57. The fraction of sp³-hybridized carbons (Fsp3) is 0.217. The Morgan fingerprint density at radius 2 is 1.53 bits per heavy atom. The van der Waals surface area contributed by atoms with Gasteiger partial charge in [0.1, 0.15) is 0 Å². The quantitative estimate of drug-likeness (QED) is 0.631. The van der Waals surface area contributed by atoms with Gasteiger partial charge in [0.15, 0.2) is 5.82 Å². The van der Waals surface area contributed by atoms with Crippen LogP contribution in [-0.4, -0.2) is 49.1 Å². The van der Waals surface area contributed by atoms with Crippen LogP contribution in [0.1, 0.15) is 11.1 Å². The fourth-order valence-corrected chi connectivity index (χ4v) is 4.66. The van der Waals surface area contributed by atoms with E-state index in [1.807, 2.05) is 60.7 Å². The topological polar surface area (TPSA) is 66.4 Å². The highest BCUT2D eigenvalue weighted by Crippen LogP contribution is 2.22. The summed E-state index contributed by atoms with van der Waals surface area (Å²) in [5.41, 5.74) is 3.92. The minimum absolute atomic E-state index is 0.419. The van der Waals surface area contributed by atoms with E-state index < -0.39 is 10.0 Å². The lowest BCUT2D eigenvalue weighted by Gasteiger charge is -2.33. The van der Waals surface area contributed by atoms with Crippen LogP contribution in [0, 0.1) is 6.92 Å². The van der Waals surface area contributed by atoms with E-state index in [9.17, 15) is 8.42 Å². The summed E-state index contributed by atoms with van der Waals surface area (Å²) in [7, 11) is -3.44. The highest BCUT2D eigenvalue weighted by molar-refractivity contribution is 7.92. The molecule has 0 amide bonds. The van der Waals surface area contributed by atoms with Crippen molar-refractivity contribution in [3.8, 4) is 11.3 Å². The Morgan fingerprint density at radius 3 is 2.20 bits per heavy atom. The zero-order valence-electron chi connectivity index (χ0n) is 16.8. The van der Waals surface area contributed by atoms with Gasteiger partial charge in [-0.05, 0) is 36.3 Å². The molecular weight excluding hydrogens is 396 g/mol. The average Bonchev–Trinajstić information content (AvgIpc) is 2.79. The van der Waals surface area contributed by atoms with Crippen molar-refractivity contribution in [1.29, 1.82) is 0 Å². The highest BCUT2D eigenvalue weighted by Gasteiger charge is 2.25. The largest absolute Gasteiger partial charge is 0.352 e. The third-order valence-corrected chi connectivity index (χ3v) is 6.79. The molecule has 0 saturated carbocycles. The number of hydrogen-bond acceptors (Lipinski definition) is 5. The third kappa shape index (κ3) is 4.58. The molecule has 0 N–H and O–H groups in total. The lowest BCUT2D eigenvalue weighted by atomic mass is 10.1. The molecule has 154 valence electrons. The number of hydrogen-bond donors (Lipinski definition) is 0. The number of benzene rings is 2. The van der Waals surface area contributed by atoms with E-state index in [1.54, 1.807) is 6.08 Å². The van der Waals surface area contributed by atoms with Crippen molar-refractivity contribution in [2.45, 2.75) is 6.92 Å². The molecular formula is C23H24N4O2S. The number of nitrogens with zero attached hydrogens (tertiary/aromatic N) is 4. The molecule has 6 nitrogen and oxygen atoms in total. The summed E-state index contributed by atoms with van der Waals surface area (Å²) >= 11 is 0. The Kier molecular flexibility index (Phi) is 5.92. The number of piperazine rings is 1. The second-order valence-electron chi connectivity index (χ2n) is 7.24. The van der Waals surface area contributed by atoms with E-state index >= 15 is 0 Å². The Bertz CT molecular complexity index is 1120. The molecule has 0 atom stereocenters. The monoisotopic (exact) mass is 420 g/mol. The molecule has 2 heterocycles. The van der Waals surface area contributed by atoms with Gasteiger partial charge in [0, 0.05) is 37.2 Å². The molecule has 1 aliphatic heterocycles. The number of rotatable bonds is 5. The van der Waals surface area contributed by atoms with E-state index in [1.165, 1.54) is 9.71 Å². The smallest absolute Gasteiger partial charge is 0.236 e. The van der Waals surface area contributed by atoms with Crippen LogP contribution < -0.4 is 4.90 Å². The SMILES string of the molecule is Cc1ccccc1-c1ccc(N2CCN(S(=O)(=O)/C=C\c3ccccc3)CC2)nn1. The Balaban J connectivity index is 1.39. The molecule has 0 bridgehead atoms. The van der Waals surface area contributed by atoms with Gasteiger partial charge in [-0.15, -0.1) is 10.2 Å². The molecule has 1 fully saturated rings. The molecule has 1 aliphatic rings. The summed E-state index contributed by atoms with van der Waals surface area (Å²) in [6.07, 6.45) is 1.64. The summed E-state index contributed by atoms with van der Waals surface area (Å²) < 4.78 is 26.8. The van der Waals surface area contributed by atoms with Crippen molar-refractivity contribution in [3.05, 3.63) is 83.3 Å². The Morgan fingerprint density at radius 1 is 0.833 bits per heavy atom. The van der Waals surface area contributed by atoms with Crippen molar-refractivity contribution >= 4 is 21.9 Å². The molecule has 0 unspecified atom stereocenters. The first kappa shape index (κ1) is 20.3. The van der Waals surface area contributed by atoms with Gasteiger partial charge < -0.3 is 4.90 Å². The first-order valence-electron chi connectivity index (χ1n) is 9.91. The number of aromatic nitrogens is 2. The molecule has 0 aliphatic carbocycles. The van der Waals surface area contributed by atoms with Crippen LogP contribution in [-0.2, 0) is 10.0 Å². The fourth-order valence-electron chi connectivity index (χ4n) is 3.48. The maximum Gasteiger partial charge on any atom is 0.236 e. The van der Waals surface area contributed by atoms with Crippen molar-refractivity contribution in [2.24, 2.45) is 0 Å². The van der Waals surface area contributed by atoms with Gasteiger partial charge in [-0.1, -0.05) is 54.6 Å². The molecule has 3 aromatic rings. The molecule has 1 saturated heterocycles. The summed E-state index contributed by atoms with van der Waals surface area (Å²) in [6, 6.07) is 21.4. The van der Waals surface area contributed by atoms with Gasteiger partial charge in [0.25, 0.3) is 0 Å². The lowest BCUT2D eigenvalue weighted by molar-refractivity contribution is 0.388. The van der Waals surface area contributed by atoms with Crippen LogP contribution >= 0.6 is 0 Å². The molecule has 7 heteroatoms. The van der Waals surface area contributed by atoms with Crippen molar-refractivity contribution in [1.82, 2.24) is 14.5 Å². The van der Waals surface area contributed by atoms with Crippen LogP contribution in [0.5, 0.6) is 0 Å². The zero-order valence-corrected chi connectivity index (χ0v) is 17.7. The molecule has 0 spiro atoms. The van der Waals surface area contributed by atoms with E-state index in [4.69, 9.17) is 0 Å². The summed E-state index contributed by atoms with van der Waals surface area (Å²) in [4.78, 5) is 2.07. The van der Waals surface area contributed by atoms with Crippen LogP contribution in [0.15, 0.2) is 72.1 Å². The number of sulfonamides is 1. The summed E-state index contributed by atoms with van der Waals surface area (Å²) in [6.45, 7) is 4.05.